The summed E-state index contributed by atoms with van der Waals surface area (Å²) in [6.45, 7) is 12.1. The van der Waals surface area contributed by atoms with E-state index in [-0.39, 0.29) is 24.0 Å². The minimum atomic E-state index is 0. The second kappa shape index (κ2) is 16.4. The Morgan fingerprint density at radius 2 is 1.88 bits per heavy atom. The molecule has 0 amide bonds. The first kappa shape index (κ1) is 23.9. The normalized spacial score (nSPS) is 17.8. The zero-order chi connectivity index (χ0) is 16.8. The molecule has 1 aliphatic rings. The predicted molar refractivity (Wildman–Crippen MR) is 112 cm³/mol. The second-order valence-corrected chi connectivity index (χ2v) is 5.87. The van der Waals surface area contributed by atoms with E-state index in [4.69, 9.17) is 9.47 Å². The maximum atomic E-state index is 5.75. The molecule has 6 nitrogen and oxygen atoms in total. The SMILES string of the molecule is CCN(CC)CCCCNC(=NC)NCCCOC1CCOC1.I. The first-order valence-electron chi connectivity index (χ1n) is 9.16. The van der Waals surface area contributed by atoms with E-state index < -0.39 is 0 Å². The summed E-state index contributed by atoms with van der Waals surface area (Å²) in [6, 6.07) is 0. The average molecular weight is 456 g/mol. The van der Waals surface area contributed by atoms with Crippen LogP contribution in [-0.4, -0.2) is 76.6 Å². The highest BCUT2D eigenvalue weighted by atomic mass is 127. The van der Waals surface area contributed by atoms with Crippen LogP contribution < -0.4 is 10.6 Å². The van der Waals surface area contributed by atoms with E-state index in [0.29, 0.717) is 6.10 Å². The van der Waals surface area contributed by atoms with Crippen LogP contribution in [0.15, 0.2) is 4.99 Å². The van der Waals surface area contributed by atoms with Crippen molar-refractivity contribution < 1.29 is 9.47 Å². The molecule has 7 heteroatoms. The number of unbranched alkanes of at least 4 members (excludes halogenated alkanes) is 1. The number of guanidine groups is 1. The highest BCUT2D eigenvalue weighted by Crippen LogP contribution is 2.07. The van der Waals surface area contributed by atoms with Gasteiger partial charge in [-0.25, -0.2) is 0 Å². The molecule has 1 unspecified atom stereocenters. The van der Waals surface area contributed by atoms with Crippen molar-refractivity contribution in [2.24, 2.45) is 4.99 Å². The Hall–Kier alpha value is -0.120. The maximum absolute atomic E-state index is 5.75. The standard InChI is InChI=1S/C17H36N4O2.HI/c1-4-21(5-2)12-7-6-10-19-17(18-3)20-11-8-13-23-16-9-14-22-15-16;/h16H,4-15H2,1-3H3,(H2,18,19,20);1H. The molecule has 0 radical (unpaired) electrons. The Balaban J connectivity index is 0.00000529. The van der Waals surface area contributed by atoms with Gasteiger partial charge >= 0.3 is 0 Å². The molecule has 24 heavy (non-hydrogen) atoms. The molecule has 1 fully saturated rings. The monoisotopic (exact) mass is 456 g/mol. The summed E-state index contributed by atoms with van der Waals surface area (Å²) >= 11 is 0. The van der Waals surface area contributed by atoms with Crippen molar-refractivity contribution in [3.8, 4) is 0 Å². The molecule has 1 saturated heterocycles. The number of hydrogen-bond acceptors (Lipinski definition) is 4. The quantitative estimate of drug-likeness (QED) is 0.204. The first-order valence-corrected chi connectivity index (χ1v) is 9.16. The molecule has 0 aromatic rings. The summed E-state index contributed by atoms with van der Waals surface area (Å²) in [5, 5.41) is 6.70. The third-order valence-electron chi connectivity index (χ3n) is 4.17. The van der Waals surface area contributed by atoms with Crippen LogP contribution in [0.25, 0.3) is 0 Å². The summed E-state index contributed by atoms with van der Waals surface area (Å²) in [5.74, 6) is 0.886. The Morgan fingerprint density at radius 1 is 1.17 bits per heavy atom. The van der Waals surface area contributed by atoms with E-state index in [2.05, 4.69) is 34.4 Å². The molecule has 1 heterocycles. The number of rotatable bonds is 12. The molecule has 1 rings (SSSR count). The average Bonchev–Trinajstić information content (AvgIpc) is 3.09. The van der Waals surface area contributed by atoms with Crippen LogP contribution in [0.5, 0.6) is 0 Å². The van der Waals surface area contributed by atoms with Crippen LogP contribution >= 0.6 is 24.0 Å². The fourth-order valence-corrected chi connectivity index (χ4v) is 2.60. The van der Waals surface area contributed by atoms with Crippen molar-refractivity contribution >= 4 is 29.9 Å². The van der Waals surface area contributed by atoms with E-state index in [9.17, 15) is 0 Å². The molecule has 0 spiro atoms. The number of nitrogens with zero attached hydrogens (tertiary/aromatic N) is 2. The highest BCUT2D eigenvalue weighted by Gasteiger charge is 2.15. The van der Waals surface area contributed by atoms with Crippen molar-refractivity contribution in [1.82, 2.24) is 15.5 Å². The van der Waals surface area contributed by atoms with Crippen LogP contribution in [0, 0.1) is 0 Å². The van der Waals surface area contributed by atoms with Crippen molar-refractivity contribution in [3.05, 3.63) is 0 Å². The summed E-state index contributed by atoms with van der Waals surface area (Å²) in [4.78, 5) is 6.71. The third-order valence-corrected chi connectivity index (χ3v) is 4.17. The lowest BCUT2D eigenvalue weighted by Gasteiger charge is -2.18. The highest BCUT2D eigenvalue weighted by molar-refractivity contribution is 14.0. The van der Waals surface area contributed by atoms with Gasteiger partial charge in [-0.05, 0) is 45.3 Å². The lowest BCUT2D eigenvalue weighted by Crippen LogP contribution is -2.38. The number of hydrogen-bond donors (Lipinski definition) is 2. The van der Waals surface area contributed by atoms with Gasteiger partial charge in [0.1, 0.15) is 0 Å². The molecule has 1 atom stereocenters. The minimum absolute atomic E-state index is 0. The molecule has 0 bridgehead atoms. The lowest BCUT2D eigenvalue weighted by atomic mass is 10.3. The van der Waals surface area contributed by atoms with Crippen LogP contribution in [0.3, 0.4) is 0 Å². The Kier molecular flexibility index (Phi) is 16.3. The number of aliphatic imine (C=N–C) groups is 1. The summed E-state index contributed by atoms with van der Waals surface area (Å²) in [5.41, 5.74) is 0. The molecule has 0 aromatic carbocycles. The van der Waals surface area contributed by atoms with Gasteiger partial charge in [-0.15, -0.1) is 24.0 Å². The van der Waals surface area contributed by atoms with Gasteiger partial charge in [0.25, 0.3) is 0 Å². The molecular weight excluding hydrogens is 419 g/mol. The van der Waals surface area contributed by atoms with Gasteiger partial charge in [0.2, 0.25) is 0 Å². The zero-order valence-corrected chi connectivity index (χ0v) is 18.0. The first-order chi connectivity index (χ1) is 11.3. The van der Waals surface area contributed by atoms with E-state index in [1.54, 1.807) is 0 Å². The fourth-order valence-electron chi connectivity index (χ4n) is 2.60. The van der Waals surface area contributed by atoms with E-state index >= 15 is 0 Å². The Morgan fingerprint density at radius 3 is 2.46 bits per heavy atom. The minimum Gasteiger partial charge on any atom is -0.379 e. The van der Waals surface area contributed by atoms with Gasteiger partial charge in [0.15, 0.2) is 5.96 Å². The fraction of sp³-hybridized carbons (Fsp3) is 0.941. The smallest absolute Gasteiger partial charge is 0.190 e. The number of halogens is 1. The van der Waals surface area contributed by atoms with Gasteiger partial charge in [0.05, 0.1) is 12.7 Å². The molecule has 144 valence electrons. The molecule has 0 aliphatic carbocycles. The van der Waals surface area contributed by atoms with Gasteiger partial charge in [-0.2, -0.15) is 0 Å². The second-order valence-electron chi connectivity index (χ2n) is 5.87. The molecule has 0 saturated carbocycles. The molecule has 2 N–H and O–H groups in total. The number of ether oxygens (including phenoxy) is 2. The Bertz CT molecular complexity index is 295. The van der Waals surface area contributed by atoms with Crippen molar-refractivity contribution in [2.75, 3.05) is 59.6 Å². The van der Waals surface area contributed by atoms with E-state index in [1.807, 2.05) is 7.05 Å². The van der Waals surface area contributed by atoms with Crippen LogP contribution in [0.1, 0.15) is 39.5 Å². The van der Waals surface area contributed by atoms with Gasteiger partial charge in [-0.1, -0.05) is 13.8 Å². The lowest BCUT2D eigenvalue weighted by molar-refractivity contribution is 0.0420. The third kappa shape index (κ3) is 11.4. The van der Waals surface area contributed by atoms with Gasteiger partial charge in [-0.3, -0.25) is 4.99 Å². The van der Waals surface area contributed by atoms with E-state index in [1.165, 1.54) is 19.4 Å². The topological polar surface area (TPSA) is 58.1 Å². The van der Waals surface area contributed by atoms with Crippen LogP contribution in [-0.2, 0) is 9.47 Å². The van der Waals surface area contributed by atoms with Crippen molar-refractivity contribution in [2.45, 2.75) is 45.6 Å². The van der Waals surface area contributed by atoms with E-state index in [0.717, 1.165) is 64.8 Å². The number of nitrogens with one attached hydrogen (secondary N) is 2. The van der Waals surface area contributed by atoms with Crippen LogP contribution in [0.4, 0.5) is 0 Å². The van der Waals surface area contributed by atoms with Gasteiger partial charge < -0.3 is 25.0 Å². The zero-order valence-electron chi connectivity index (χ0n) is 15.7. The summed E-state index contributed by atoms with van der Waals surface area (Å²) in [6.07, 6.45) is 4.71. The summed E-state index contributed by atoms with van der Waals surface area (Å²) in [7, 11) is 1.82. The van der Waals surface area contributed by atoms with Crippen molar-refractivity contribution in [3.63, 3.8) is 0 Å². The largest absolute Gasteiger partial charge is 0.379 e. The maximum Gasteiger partial charge on any atom is 0.190 e. The van der Waals surface area contributed by atoms with Crippen LogP contribution in [0.2, 0.25) is 0 Å². The van der Waals surface area contributed by atoms with Crippen molar-refractivity contribution in [1.29, 1.82) is 0 Å². The van der Waals surface area contributed by atoms with Gasteiger partial charge in [0, 0.05) is 33.4 Å². The predicted octanol–water partition coefficient (Wildman–Crippen LogP) is 2.09. The molecular formula is C17H37IN4O2. The Labute approximate surface area is 165 Å². The molecule has 0 aromatic heterocycles. The molecule has 1 aliphatic heterocycles. The summed E-state index contributed by atoms with van der Waals surface area (Å²) < 4.78 is 11.0.